The Morgan fingerprint density at radius 2 is 2.08 bits per heavy atom. The van der Waals surface area contributed by atoms with Gasteiger partial charge in [-0.2, -0.15) is 0 Å². The number of aliphatic carboxylic acids is 1. The van der Waals surface area contributed by atoms with Gasteiger partial charge in [-0.1, -0.05) is 18.2 Å². The zero-order valence-corrected chi connectivity index (χ0v) is 13.6. The number of hydrogen-bond acceptors (Lipinski definition) is 4. The van der Waals surface area contributed by atoms with Crippen molar-refractivity contribution in [2.24, 2.45) is 0 Å². The van der Waals surface area contributed by atoms with Crippen LogP contribution in [0.15, 0.2) is 59.3 Å². The smallest absolute Gasteiger partial charge is 0.353 e. The Hall–Kier alpha value is -3.06. The van der Waals surface area contributed by atoms with Crippen LogP contribution in [-0.4, -0.2) is 36.6 Å². The molecule has 1 saturated heterocycles. The fourth-order valence-electron chi connectivity index (χ4n) is 3.23. The van der Waals surface area contributed by atoms with Gasteiger partial charge in [-0.15, -0.1) is 11.8 Å². The molecule has 5 rings (SSSR count). The maximum absolute atomic E-state index is 12.3. The molecule has 7 heteroatoms. The fraction of sp³-hybridized carbons (Fsp3) is 0.0556. The van der Waals surface area contributed by atoms with Gasteiger partial charge in [0, 0.05) is 11.6 Å². The summed E-state index contributed by atoms with van der Waals surface area (Å²) in [5.74, 6) is -1.35. The van der Waals surface area contributed by atoms with Crippen LogP contribution in [0.1, 0.15) is 5.69 Å². The largest absolute Gasteiger partial charge is 0.477 e. The summed E-state index contributed by atoms with van der Waals surface area (Å²) in [5.41, 5.74) is 3.15. The lowest BCUT2D eigenvalue weighted by molar-refractivity contribution is -0.141. The highest BCUT2D eigenvalue weighted by atomic mass is 32.2. The maximum Gasteiger partial charge on any atom is 0.353 e. The Morgan fingerprint density at radius 1 is 1.24 bits per heavy atom. The molecule has 0 spiro atoms. The highest BCUT2D eigenvalue weighted by molar-refractivity contribution is 8.03. The third-order valence-electron chi connectivity index (χ3n) is 4.42. The Labute approximate surface area is 146 Å². The van der Waals surface area contributed by atoms with Gasteiger partial charge in [0.2, 0.25) is 0 Å². The second-order valence-corrected chi connectivity index (χ2v) is 6.81. The van der Waals surface area contributed by atoms with Gasteiger partial charge in [-0.25, -0.2) is 9.78 Å². The van der Waals surface area contributed by atoms with Gasteiger partial charge in [0.05, 0.1) is 16.8 Å². The zero-order valence-electron chi connectivity index (χ0n) is 12.8. The summed E-state index contributed by atoms with van der Waals surface area (Å²) < 4.78 is 1.99. The Morgan fingerprint density at radius 3 is 2.92 bits per heavy atom. The van der Waals surface area contributed by atoms with E-state index in [0.717, 1.165) is 16.6 Å². The molecule has 0 saturated carbocycles. The molecular weight excluding hydrogens is 338 g/mol. The second kappa shape index (κ2) is 4.97. The molecule has 1 aromatic carbocycles. The molecule has 2 aliphatic heterocycles. The van der Waals surface area contributed by atoms with Crippen molar-refractivity contribution in [2.75, 3.05) is 0 Å². The van der Waals surface area contributed by atoms with E-state index in [1.807, 2.05) is 47.0 Å². The molecule has 1 N–H and O–H groups in total. The monoisotopic (exact) mass is 349 g/mol. The van der Waals surface area contributed by atoms with E-state index in [0.29, 0.717) is 11.3 Å². The van der Waals surface area contributed by atoms with Crippen LogP contribution in [-0.2, 0) is 9.59 Å². The number of pyridine rings is 1. The molecule has 2 aromatic heterocycles. The first-order chi connectivity index (χ1) is 12.1. The standard InChI is InChI=1S/C18H11N3O3S/c22-16-12(17-21(16)14(9-25-17)18(23)24)7-11-8-20-13-4-2-1-3-10(13)5-6-15(20)19-11/h1-9,17H,(H,23,24)/b12-7-. The molecule has 25 heavy (non-hydrogen) atoms. The van der Waals surface area contributed by atoms with Gasteiger partial charge in [0.15, 0.2) is 0 Å². The molecule has 3 aromatic rings. The lowest BCUT2D eigenvalue weighted by Gasteiger charge is -2.36. The number of carbonyl (C=O) groups is 2. The van der Waals surface area contributed by atoms with Crippen molar-refractivity contribution < 1.29 is 14.7 Å². The summed E-state index contributed by atoms with van der Waals surface area (Å²) in [7, 11) is 0. The Bertz CT molecular complexity index is 1140. The summed E-state index contributed by atoms with van der Waals surface area (Å²) in [4.78, 5) is 29.3. The number of carboxylic acid groups (broad SMARTS) is 1. The molecule has 1 atom stereocenters. The third kappa shape index (κ3) is 1.96. The molecular formula is C18H11N3O3S. The molecule has 0 radical (unpaired) electrons. The van der Waals surface area contributed by atoms with Gasteiger partial charge < -0.3 is 5.11 Å². The van der Waals surface area contributed by atoms with Gasteiger partial charge in [0.1, 0.15) is 16.7 Å². The number of benzene rings is 1. The number of para-hydroxylation sites is 1. The van der Waals surface area contributed by atoms with Crippen LogP contribution >= 0.6 is 11.8 Å². The number of carboxylic acids is 1. The van der Waals surface area contributed by atoms with E-state index in [1.54, 1.807) is 6.08 Å². The van der Waals surface area contributed by atoms with Crippen LogP contribution in [0.3, 0.4) is 0 Å². The number of carbonyl (C=O) groups excluding carboxylic acids is 1. The second-order valence-electron chi connectivity index (χ2n) is 5.86. The number of amides is 1. The maximum atomic E-state index is 12.3. The normalized spacial score (nSPS) is 20.9. The minimum Gasteiger partial charge on any atom is -0.477 e. The van der Waals surface area contributed by atoms with Crippen LogP contribution in [0.25, 0.3) is 22.6 Å². The third-order valence-corrected chi connectivity index (χ3v) is 5.50. The van der Waals surface area contributed by atoms with E-state index in [2.05, 4.69) is 4.98 Å². The average Bonchev–Trinajstić information content (AvgIpc) is 3.21. The SMILES string of the molecule is O=C(O)C1=CSC2/C(=C\c3cn4c(ccc5ccccc54)n3)C(=O)N12. The predicted octanol–water partition coefficient (Wildman–Crippen LogP) is 2.71. The number of rotatable bonds is 2. The van der Waals surface area contributed by atoms with E-state index in [-0.39, 0.29) is 17.0 Å². The molecule has 6 nitrogen and oxygen atoms in total. The summed E-state index contributed by atoms with van der Waals surface area (Å²) in [6.45, 7) is 0. The molecule has 1 unspecified atom stereocenters. The lowest BCUT2D eigenvalue weighted by Crippen LogP contribution is -2.51. The molecule has 0 aliphatic carbocycles. The number of hydrogen-bond donors (Lipinski definition) is 1. The number of imidazole rings is 1. The molecule has 2 aliphatic rings. The van der Waals surface area contributed by atoms with Gasteiger partial charge in [-0.05, 0) is 29.7 Å². The first-order valence-corrected chi connectivity index (χ1v) is 8.59. The van der Waals surface area contributed by atoms with Crippen molar-refractivity contribution >= 4 is 46.3 Å². The molecule has 1 amide bonds. The summed E-state index contributed by atoms with van der Waals surface area (Å²) in [6, 6.07) is 12.0. The van der Waals surface area contributed by atoms with Crippen molar-refractivity contribution in [3.63, 3.8) is 0 Å². The van der Waals surface area contributed by atoms with Crippen molar-refractivity contribution in [1.82, 2.24) is 14.3 Å². The van der Waals surface area contributed by atoms with E-state index < -0.39 is 5.97 Å². The number of β-lactam (4-membered cyclic amide) rings is 1. The number of nitrogens with zero attached hydrogens (tertiary/aromatic N) is 3. The first-order valence-electron chi connectivity index (χ1n) is 7.64. The summed E-state index contributed by atoms with van der Waals surface area (Å²) in [6.07, 6.45) is 3.64. The van der Waals surface area contributed by atoms with Crippen LogP contribution in [0.2, 0.25) is 0 Å². The minimum atomic E-state index is -1.08. The molecule has 1 fully saturated rings. The van der Waals surface area contributed by atoms with Crippen LogP contribution in [0.4, 0.5) is 0 Å². The fourth-order valence-corrected chi connectivity index (χ4v) is 4.35. The number of thioether (sulfide) groups is 1. The van der Waals surface area contributed by atoms with Crippen molar-refractivity contribution in [2.45, 2.75) is 5.37 Å². The van der Waals surface area contributed by atoms with E-state index in [9.17, 15) is 9.59 Å². The highest BCUT2D eigenvalue weighted by Crippen LogP contribution is 2.45. The summed E-state index contributed by atoms with van der Waals surface area (Å²) >= 11 is 1.33. The van der Waals surface area contributed by atoms with Crippen LogP contribution in [0.5, 0.6) is 0 Å². The molecule has 0 bridgehead atoms. The highest BCUT2D eigenvalue weighted by Gasteiger charge is 2.49. The topological polar surface area (TPSA) is 74.9 Å². The quantitative estimate of drug-likeness (QED) is 0.569. The van der Waals surface area contributed by atoms with Crippen LogP contribution in [0, 0.1) is 0 Å². The molecule has 122 valence electrons. The van der Waals surface area contributed by atoms with E-state index >= 15 is 0 Å². The van der Waals surface area contributed by atoms with Gasteiger partial charge in [-0.3, -0.25) is 14.1 Å². The Kier molecular flexibility index (Phi) is 2.84. The number of fused-ring (bicyclic) bond motifs is 4. The predicted molar refractivity (Wildman–Crippen MR) is 94.6 cm³/mol. The van der Waals surface area contributed by atoms with E-state index in [4.69, 9.17) is 5.11 Å². The van der Waals surface area contributed by atoms with Crippen molar-refractivity contribution in [3.05, 3.63) is 65.0 Å². The van der Waals surface area contributed by atoms with Gasteiger partial charge in [0.25, 0.3) is 5.91 Å². The Balaban J connectivity index is 1.55. The average molecular weight is 349 g/mol. The zero-order chi connectivity index (χ0) is 17.1. The summed E-state index contributed by atoms with van der Waals surface area (Å²) in [5, 5.41) is 11.5. The minimum absolute atomic E-state index is 0.0399. The van der Waals surface area contributed by atoms with Gasteiger partial charge >= 0.3 is 5.97 Å². The van der Waals surface area contributed by atoms with Crippen molar-refractivity contribution in [3.8, 4) is 0 Å². The van der Waals surface area contributed by atoms with Crippen LogP contribution < -0.4 is 0 Å². The first kappa shape index (κ1) is 14.3. The number of aromatic nitrogens is 2. The van der Waals surface area contributed by atoms with Crippen molar-refractivity contribution in [1.29, 1.82) is 0 Å². The molecule has 4 heterocycles. The lowest BCUT2D eigenvalue weighted by atomic mass is 10.0. The van der Waals surface area contributed by atoms with E-state index in [1.165, 1.54) is 22.1 Å².